The van der Waals surface area contributed by atoms with Crippen LogP contribution in [0.1, 0.15) is 216 Å². The van der Waals surface area contributed by atoms with E-state index < -0.39 is 13.0 Å². The summed E-state index contributed by atoms with van der Waals surface area (Å²) in [5.41, 5.74) is 45.3. The van der Waals surface area contributed by atoms with Crippen LogP contribution >= 0.6 is 0 Å². The van der Waals surface area contributed by atoms with Gasteiger partial charge in [-0.1, -0.05) is 271 Å². The molecule has 12 heteroatoms. The molecular formula is C122H136N12. The summed E-state index contributed by atoms with van der Waals surface area (Å²) in [6.45, 7) is 38.1. The number of para-hydroxylation sites is 9. The molecule has 0 spiro atoms. The van der Waals surface area contributed by atoms with Crippen molar-refractivity contribution in [2.45, 2.75) is 239 Å². The normalized spacial score (nSPS) is 21.2. The Morgan fingerprint density at radius 3 is 1.00 bits per heavy atom. The van der Waals surface area contributed by atoms with Crippen molar-refractivity contribution >= 4 is 51.2 Å². The van der Waals surface area contributed by atoms with E-state index in [1.807, 2.05) is 66.1 Å². The van der Waals surface area contributed by atoms with Crippen LogP contribution < -0.4 is 44.1 Å². The maximum absolute atomic E-state index is 8.19. The Labute approximate surface area is 804 Å². The van der Waals surface area contributed by atoms with Crippen molar-refractivity contribution in [1.29, 1.82) is 0 Å². The number of benzene rings is 11. The van der Waals surface area contributed by atoms with Gasteiger partial charge in [0.05, 0.1) is 0 Å². The molecule has 0 N–H and O–H groups in total. The third kappa shape index (κ3) is 16.1. The quantitative estimate of drug-likeness (QED) is 0.138. The summed E-state index contributed by atoms with van der Waals surface area (Å²) in [6, 6.07) is 94.9. The van der Waals surface area contributed by atoms with E-state index in [9.17, 15) is 0 Å². The zero-order chi connectivity index (χ0) is 95.7. The molecule has 12 aliphatic heterocycles. The van der Waals surface area contributed by atoms with Crippen LogP contribution in [0, 0.1) is 66.7 Å². The second-order valence-corrected chi connectivity index (χ2v) is 39.7. The van der Waals surface area contributed by atoms with Crippen LogP contribution in [0.15, 0.2) is 372 Å². The molecule has 134 heavy (non-hydrogen) atoms. The average Bonchev–Trinajstić information content (AvgIpc) is 1.55. The van der Waals surface area contributed by atoms with Crippen LogP contribution in [0.2, 0.25) is 0 Å². The van der Waals surface area contributed by atoms with Gasteiger partial charge in [0.15, 0.2) is 0 Å². The smallest absolute Gasteiger partial charge is 0.136 e. The van der Waals surface area contributed by atoms with Gasteiger partial charge >= 0.3 is 0 Å². The maximum atomic E-state index is 8.19. The van der Waals surface area contributed by atoms with Crippen molar-refractivity contribution in [2.24, 2.45) is 11.3 Å². The highest BCUT2D eigenvalue weighted by molar-refractivity contribution is 5.79. The van der Waals surface area contributed by atoms with Crippen LogP contribution in [-0.2, 0) is 19.3 Å². The number of fused-ring (bicyclic) bond motifs is 12. The Bertz CT molecular complexity index is 6700. The Morgan fingerprint density at radius 2 is 0.575 bits per heavy atom. The van der Waals surface area contributed by atoms with Gasteiger partial charge in [-0.25, -0.2) is 0 Å². The topological polar surface area (TPSA) is 38.9 Å². The Morgan fingerprint density at radius 1 is 0.269 bits per heavy atom. The summed E-state index contributed by atoms with van der Waals surface area (Å²) < 4.78 is 24.6. The van der Waals surface area contributed by atoms with E-state index in [2.05, 4.69) is 421 Å². The minimum atomic E-state index is -2.12. The number of rotatable bonds is 9. The average molecular weight is 1770 g/mol. The van der Waals surface area contributed by atoms with Crippen molar-refractivity contribution in [3.05, 3.63) is 444 Å². The second kappa shape index (κ2) is 37.3. The monoisotopic (exact) mass is 1770 g/mol. The van der Waals surface area contributed by atoms with Crippen molar-refractivity contribution < 1.29 is 4.11 Å². The fraction of sp³-hybridized carbons (Fsp3) is 0.311. The molecule has 12 heterocycles. The van der Waals surface area contributed by atoms with Crippen molar-refractivity contribution in [2.75, 3.05) is 44.1 Å². The van der Waals surface area contributed by atoms with Crippen molar-refractivity contribution in [3.63, 3.8) is 0 Å². The van der Waals surface area contributed by atoms with Crippen LogP contribution in [0.4, 0.5) is 51.2 Å². The van der Waals surface area contributed by atoms with E-state index in [4.69, 9.17) is 4.11 Å². The number of hydrogen-bond acceptors (Lipinski definition) is 12. The zero-order valence-corrected chi connectivity index (χ0v) is 82.1. The number of allylic oxidation sites excluding steroid dienone is 12. The molecule has 11 aromatic rings. The SMILES string of the molecule is CC1=C2CC=CN2C(C(C)(C)C)N1c1ccccc1C.CC1=C2CC=CN2C(c2c(C)cccc2C)N1c1ccccc1C.CC1=C2CC=CN2C(c2ccccc2)N1c1ccccc1C.CC1=C2Cc3ccccc3N2C(C)N1c1ccccc1C.CC1=C2Cc3ccccc3N2C(C2CCCCC2)N1c1ccccc1C.[2H]C([2H])([2H])C1N(c2ccccc2C)C(C)=C2Cc3ccccc3N21. The Kier molecular flexibility index (Phi) is 23.9. The van der Waals surface area contributed by atoms with Gasteiger partial charge in [0.25, 0.3) is 0 Å². The fourth-order valence-electron chi connectivity index (χ4n) is 23.8. The summed E-state index contributed by atoms with van der Waals surface area (Å²) in [5.74, 6) is 0.738. The Balaban J connectivity index is 0.000000105. The molecule has 6 atom stereocenters. The van der Waals surface area contributed by atoms with Crippen LogP contribution in [0.5, 0.6) is 0 Å². The van der Waals surface area contributed by atoms with Crippen LogP contribution in [-0.4, -0.2) is 39.4 Å². The predicted octanol–water partition coefficient (Wildman–Crippen LogP) is 30.1. The molecule has 1 saturated carbocycles. The number of anilines is 9. The molecule has 0 amide bonds. The molecule has 684 valence electrons. The highest BCUT2D eigenvalue weighted by atomic mass is 15.5. The first-order valence-electron chi connectivity index (χ1n) is 50.5. The molecule has 0 saturated heterocycles. The zero-order valence-electron chi connectivity index (χ0n) is 85.1. The Hall–Kier alpha value is -13.3. The van der Waals surface area contributed by atoms with E-state index in [-0.39, 0.29) is 17.7 Å². The number of nitrogens with zero attached hydrogens (tertiary/aromatic N) is 12. The number of hydrogen-bond donors (Lipinski definition) is 0. The van der Waals surface area contributed by atoms with Gasteiger partial charge in [-0.15, -0.1) is 0 Å². The minimum absolute atomic E-state index is 0.181. The van der Waals surface area contributed by atoms with E-state index in [1.165, 1.54) is 196 Å². The lowest BCUT2D eigenvalue weighted by atomic mass is 9.85. The van der Waals surface area contributed by atoms with Gasteiger partial charge in [0.2, 0.25) is 0 Å². The molecule has 0 radical (unpaired) electrons. The third-order valence-electron chi connectivity index (χ3n) is 30.3. The van der Waals surface area contributed by atoms with Gasteiger partial charge in [-0.3, -0.25) is 0 Å². The second-order valence-electron chi connectivity index (χ2n) is 39.7. The van der Waals surface area contributed by atoms with E-state index in [1.54, 1.807) is 0 Å². The van der Waals surface area contributed by atoms with Crippen LogP contribution in [0.3, 0.4) is 0 Å². The molecule has 24 rings (SSSR count). The van der Waals surface area contributed by atoms with Gasteiger partial charge in [-0.2, -0.15) is 0 Å². The largest absolute Gasteiger partial charge is 0.328 e. The van der Waals surface area contributed by atoms with E-state index in [0.29, 0.717) is 18.5 Å². The molecular weight excluding hydrogens is 1630 g/mol. The molecule has 0 aromatic heterocycles. The van der Waals surface area contributed by atoms with Crippen LogP contribution in [0.25, 0.3) is 0 Å². The summed E-state index contributed by atoms with van der Waals surface area (Å²) >= 11 is 0. The molecule has 6 unspecified atom stereocenters. The first-order chi connectivity index (χ1) is 66.1. The first kappa shape index (κ1) is 86.1. The van der Waals surface area contributed by atoms with Gasteiger partial charge < -0.3 is 58.8 Å². The van der Waals surface area contributed by atoms with E-state index >= 15 is 0 Å². The van der Waals surface area contributed by atoms with Crippen molar-refractivity contribution in [3.8, 4) is 0 Å². The summed E-state index contributed by atoms with van der Waals surface area (Å²) in [7, 11) is 0. The van der Waals surface area contributed by atoms with Gasteiger partial charge in [-0.05, 0) is 251 Å². The van der Waals surface area contributed by atoms with E-state index in [0.717, 1.165) is 72.8 Å². The highest BCUT2D eigenvalue weighted by Gasteiger charge is 2.50. The first-order valence-corrected chi connectivity index (χ1v) is 49.0. The molecule has 12 nitrogen and oxygen atoms in total. The molecule has 1 aliphatic carbocycles. The highest BCUT2D eigenvalue weighted by Crippen LogP contribution is 2.55. The lowest BCUT2D eigenvalue weighted by Crippen LogP contribution is -2.47. The predicted molar refractivity (Wildman–Crippen MR) is 563 cm³/mol. The third-order valence-corrected chi connectivity index (χ3v) is 30.3. The summed E-state index contributed by atoms with van der Waals surface area (Å²) in [5, 5.41) is 0. The lowest BCUT2D eigenvalue weighted by Gasteiger charge is -2.41. The van der Waals surface area contributed by atoms with Crippen molar-refractivity contribution in [1.82, 2.24) is 14.7 Å². The molecule has 13 aliphatic rings. The lowest BCUT2D eigenvalue weighted by molar-refractivity contribution is 0.201. The summed E-state index contributed by atoms with van der Waals surface area (Å²) in [4.78, 5) is 29.2. The molecule has 0 bridgehead atoms. The number of aryl methyl sites for hydroxylation is 8. The van der Waals surface area contributed by atoms with Gasteiger partial charge in [0.1, 0.15) is 37.0 Å². The molecule has 1 fully saturated rings. The molecule has 11 aromatic carbocycles. The maximum Gasteiger partial charge on any atom is 0.136 e. The summed E-state index contributed by atoms with van der Waals surface area (Å²) in [6.07, 6.45) is 27.3. The standard InChI is InChI=1S/C24H28N2.C22H24N2.C20H20N2.2C19H20N2.C18H24N2/c1-17-10-6-8-14-21(17)25-18(2)23-16-20-13-7-9-15-22(20)26(23)24(25)19-11-4-3-5-12-19;1-15-9-5-6-12-19(15)24-18(4)20-13-8-14-23(20)22(24)21-16(2)10-7-11-17(21)3;1-15-9-6-7-12-18(15)22-16(2)19-13-8-14-21(19)20(22)17-10-4-3-5-11-17;2*1-13-8-4-6-10-17(13)20-14(2)19-12-16-9-5-7-11-18(16)21(19)15(20)3;1-13-9-6-7-10-15(13)20-14(2)16-11-8-12-19(16)17(20)18(3,4)5/h6-10,13-15,19,24H,3-5,11-12,16H2,1-2H3;5-12,14,22H,13H2,1-4H3;3-12,14,20H,13H2,1-2H3;2*4-11,15H,12H2,1-3H3;6-10,12,17H,11H2,1-5H3/i;;;3D3;;. The minimum Gasteiger partial charge on any atom is -0.328 e. The fourth-order valence-corrected chi connectivity index (χ4v) is 23.8. The van der Waals surface area contributed by atoms with Gasteiger partial charge in [0, 0.05) is 192 Å².